The highest BCUT2D eigenvalue weighted by molar-refractivity contribution is 5.97. The summed E-state index contributed by atoms with van der Waals surface area (Å²) in [5.41, 5.74) is -0.403. The molecule has 1 heterocycles. The Kier molecular flexibility index (Phi) is 5.25. The van der Waals surface area contributed by atoms with Crippen LogP contribution in [0.15, 0.2) is 47.8 Å². The minimum absolute atomic E-state index is 0. The molecule has 0 aromatic heterocycles. The molecule has 0 atom stereocenters. The van der Waals surface area contributed by atoms with Crippen molar-refractivity contribution in [1.29, 1.82) is 0 Å². The number of nitro groups is 1. The van der Waals surface area contributed by atoms with Crippen LogP contribution in [0.25, 0.3) is 0 Å². The normalized spacial score (nSPS) is 14.0. The summed E-state index contributed by atoms with van der Waals surface area (Å²) in [5.74, 6) is -3.68. The molecule has 22 heavy (non-hydrogen) atoms. The lowest BCUT2D eigenvalue weighted by molar-refractivity contribution is -0.384. The maximum absolute atomic E-state index is 11.3. The highest BCUT2D eigenvalue weighted by Crippen LogP contribution is 2.35. The molecule has 1 aromatic carbocycles. The molecule has 1 aromatic rings. The molecule has 3 N–H and O–H groups in total. The van der Waals surface area contributed by atoms with E-state index in [1.807, 2.05) is 0 Å². The third-order valence-electron chi connectivity index (χ3n) is 3.01. The van der Waals surface area contributed by atoms with E-state index >= 15 is 0 Å². The average Bonchev–Trinajstić information content (AvgIpc) is 2.46. The van der Waals surface area contributed by atoms with E-state index in [1.165, 1.54) is 24.3 Å². The first kappa shape index (κ1) is 17.2. The zero-order valence-electron chi connectivity index (χ0n) is 10.9. The molecule has 0 unspecified atom stereocenters. The Morgan fingerprint density at radius 1 is 1.14 bits per heavy atom. The van der Waals surface area contributed by atoms with Crippen molar-refractivity contribution in [3.63, 3.8) is 0 Å². The van der Waals surface area contributed by atoms with Gasteiger partial charge in [-0.05, 0) is 5.56 Å². The molecule has 1 aliphatic heterocycles. The Hall–Kier alpha value is -2.87. The smallest absolute Gasteiger partial charge is 0.334 e. The lowest BCUT2D eigenvalue weighted by Crippen LogP contribution is -2.24. The van der Waals surface area contributed by atoms with Crippen LogP contribution in [0.4, 0.5) is 5.69 Å². The van der Waals surface area contributed by atoms with E-state index in [0.717, 1.165) is 12.4 Å². The van der Waals surface area contributed by atoms with Crippen molar-refractivity contribution in [2.24, 2.45) is 0 Å². The van der Waals surface area contributed by atoms with E-state index in [4.69, 9.17) is 0 Å². The number of hydrogen-bond acceptors (Lipinski definition) is 5. The third kappa shape index (κ3) is 3.23. The summed E-state index contributed by atoms with van der Waals surface area (Å²) < 4.78 is 0. The predicted octanol–water partition coefficient (Wildman–Crippen LogP) is 1.64. The van der Waals surface area contributed by atoms with Gasteiger partial charge < -0.3 is 15.5 Å². The number of benzene rings is 1. The van der Waals surface area contributed by atoms with Crippen molar-refractivity contribution in [3.05, 3.63) is 63.5 Å². The van der Waals surface area contributed by atoms with Crippen LogP contribution in [0, 0.1) is 10.1 Å². The van der Waals surface area contributed by atoms with Gasteiger partial charge in [0.15, 0.2) is 0 Å². The molecule has 0 amide bonds. The third-order valence-corrected chi connectivity index (χ3v) is 3.01. The first-order valence-corrected chi connectivity index (χ1v) is 5.79. The van der Waals surface area contributed by atoms with Gasteiger partial charge in [0, 0.05) is 24.5 Å². The summed E-state index contributed by atoms with van der Waals surface area (Å²) in [4.78, 5) is 32.7. The highest BCUT2D eigenvalue weighted by Gasteiger charge is 2.32. The Morgan fingerprint density at radius 3 is 2.14 bits per heavy atom. The van der Waals surface area contributed by atoms with Crippen molar-refractivity contribution in [1.82, 2.24) is 5.32 Å². The summed E-state index contributed by atoms with van der Waals surface area (Å²) in [6.07, 6.45) is 2.33. The number of carboxylic acid groups (broad SMARTS) is 2. The van der Waals surface area contributed by atoms with Gasteiger partial charge in [-0.1, -0.05) is 12.1 Å². The van der Waals surface area contributed by atoms with Gasteiger partial charge in [-0.25, -0.2) is 9.59 Å². The summed E-state index contributed by atoms with van der Waals surface area (Å²) in [6.45, 7) is 0. The molecule has 0 saturated carbocycles. The number of halogens is 1. The number of aliphatic carboxylic acids is 2. The van der Waals surface area contributed by atoms with Gasteiger partial charge in [-0.2, -0.15) is 0 Å². The molecule has 1 aliphatic rings. The van der Waals surface area contributed by atoms with E-state index in [1.54, 1.807) is 0 Å². The second kappa shape index (κ2) is 6.72. The number of carboxylic acids is 2. The molecule has 0 radical (unpaired) electrons. The quantitative estimate of drug-likeness (QED) is 0.566. The van der Waals surface area contributed by atoms with Crippen LogP contribution in [0.1, 0.15) is 11.5 Å². The maximum Gasteiger partial charge on any atom is 0.334 e. The fourth-order valence-electron chi connectivity index (χ4n) is 2.10. The van der Waals surface area contributed by atoms with Crippen molar-refractivity contribution in [2.45, 2.75) is 5.92 Å². The molecule has 0 aliphatic carbocycles. The van der Waals surface area contributed by atoms with E-state index < -0.39 is 22.8 Å². The van der Waals surface area contributed by atoms with Crippen molar-refractivity contribution < 1.29 is 24.7 Å². The van der Waals surface area contributed by atoms with Gasteiger partial charge in [-0.3, -0.25) is 10.1 Å². The molecule has 116 valence electrons. The second-order valence-corrected chi connectivity index (χ2v) is 4.26. The van der Waals surface area contributed by atoms with Crippen LogP contribution in [0.2, 0.25) is 0 Å². The summed E-state index contributed by atoms with van der Waals surface area (Å²) in [7, 11) is 0. The van der Waals surface area contributed by atoms with E-state index in [2.05, 4.69) is 5.32 Å². The molecule has 0 bridgehead atoms. The minimum Gasteiger partial charge on any atom is -0.478 e. The molecule has 8 nitrogen and oxygen atoms in total. The van der Waals surface area contributed by atoms with Gasteiger partial charge in [0.2, 0.25) is 0 Å². The molecular weight excluding hydrogens is 316 g/mol. The average molecular weight is 327 g/mol. The number of hydrogen-bond donors (Lipinski definition) is 3. The van der Waals surface area contributed by atoms with Gasteiger partial charge in [0.1, 0.15) is 0 Å². The lowest BCUT2D eigenvalue weighted by atomic mass is 9.83. The molecule has 9 heteroatoms. The topological polar surface area (TPSA) is 130 Å². The fraction of sp³-hybridized carbons (Fsp3) is 0.0769. The lowest BCUT2D eigenvalue weighted by Gasteiger charge is -2.22. The zero-order valence-corrected chi connectivity index (χ0v) is 11.7. The van der Waals surface area contributed by atoms with E-state index in [9.17, 15) is 29.9 Å². The van der Waals surface area contributed by atoms with Crippen LogP contribution in [-0.2, 0) is 9.59 Å². The zero-order chi connectivity index (χ0) is 15.6. The Morgan fingerprint density at radius 2 is 1.68 bits per heavy atom. The molecule has 0 saturated heterocycles. The van der Waals surface area contributed by atoms with Crippen LogP contribution in [0.5, 0.6) is 0 Å². The number of nitrogens with one attached hydrogen (secondary N) is 1. The van der Waals surface area contributed by atoms with E-state index in [0.29, 0.717) is 0 Å². The monoisotopic (exact) mass is 326 g/mol. The summed E-state index contributed by atoms with van der Waals surface area (Å²) in [5, 5.41) is 31.6. The van der Waals surface area contributed by atoms with Gasteiger partial charge in [0.05, 0.1) is 22.0 Å². The minimum atomic E-state index is -1.30. The largest absolute Gasteiger partial charge is 0.478 e. The number of non-ortho nitro benzene ring substituents is 1. The summed E-state index contributed by atoms with van der Waals surface area (Å²) in [6, 6.07) is 5.26. The molecule has 0 fully saturated rings. The summed E-state index contributed by atoms with van der Waals surface area (Å²) >= 11 is 0. The predicted molar refractivity (Wildman–Crippen MR) is 77.7 cm³/mol. The Labute approximate surface area is 130 Å². The van der Waals surface area contributed by atoms with Crippen LogP contribution >= 0.6 is 12.4 Å². The maximum atomic E-state index is 11.3. The molecular formula is C13H11ClN2O6. The van der Waals surface area contributed by atoms with E-state index in [-0.39, 0.29) is 34.8 Å². The highest BCUT2D eigenvalue weighted by atomic mass is 35.5. The fourth-order valence-corrected chi connectivity index (χ4v) is 2.10. The first-order valence-electron chi connectivity index (χ1n) is 5.79. The van der Waals surface area contributed by atoms with Gasteiger partial charge in [0.25, 0.3) is 5.69 Å². The standard InChI is InChI=1S/C13H10N2O6.ClH/c16-12(17)9-5-14-6-10(13(18)19)11(9)7-2-1-3-8(4-7)15(20)21;/h1-6,11,14H,(H,16,17)(H,18,19);1H. The number of nitrogens with zero attached hydrogens (tertiary/aromatic N) is 1. The first-order chi connectivity index (χ1) is 9.91. The van der Waals surface area contributed by atoms with Crippen LogP contribution in [-0.4, -0.2) is 27.1 Å². The van der Waals surface area contributed by atoms with Crippen molar-refractivity contribution in [3.8, 4) is 0 Å². The molecule has 0 spiro atoms. The van der Waals surface area contributed by atoms with Crippen molar-refractivity contribution >= 4 is 30.0 Å². The van der Waals surface area contributed by atoms with Crippen molar-refractivity contribution in [2.75, 3.05) is 0 Å². The van der Waals surface area contributed by atoms with Gasteiger partial charge in [-0.15, -0.1) is 12.4 Å². The number of nitro benzene ring substituents is 1. The van der Waals surface area contributed by atoms with Crippen LogP contribution in [0.3, 0.4) is 0 Å². The van der Waals surface area contributed by atoms with Crippen LogP contribution < -0.4 is 5.32 Å². The SMILES string of the molecule is Cl.O=C(O)C1=CNC=C(C(=O)O)C1c1cccc([N+](=O)[O-])c1. The van der Waals surface area contributed by atoms with Gasteiger partial charge >= 0.3 is 11.9 Å². The second-order valence-electron chi connectivity index (χ2n) is 4.26. The molecule has 2 rings (SSSR count). The Balaban J connectivity index is 0.00000242. The number of rotatable bonds is 4. The number of dihydropyridines is 1. The number of carbonyl (C=O) groups is 2. The Bertz CT molecular complexity index is 668.